The van der Waals surface area contributed by atoms with Gasteiger partial charge >= 0.3 is 0 Å². The van der Waals surface area contributed by atoms with E-state index in [1.54, 1.807) is 23.9 Å². The van der Waals surface area contributed by atoms with Crippen LogP contribution < -0.4 is 0 Å². The molecular formula is C16H18Cl2N4OS. The molecule has 0 spiro atoms. The second kappa shape index (κ2) is 7.85. The van der Waals surface area contributed by atoms with Gasteiger partial charge in [0.05, 0.1) is 5.02 Å². The lowest BCUT2D eigenvalue weighted by molar-refractivity contribution is 0.0889. The zero-order valence-corrected chi connectivity index (χ0v) is 15.7. The average molecular weight is 385 g/mol. The van der Waals surface area contributed by atoms with Crippen molar-refractivity contribution in [3.63, 3.8) is 0 Å². The molecule has 128 valence electrons. The molecule has 0 radical (unpaired) electrons. The first-order valence-corrected chi connectivity index (χ1v) is 9.68. The molecule has 0 N–H and O–H groups in total. The number of tetrazole rings is 1. The topological polar surface area (TPSA) is 60.7 Å². The van der Waals surface area contributed by atoms with E-state index in [9.17, 15) is 4.79 Å². The van der Waals surface area contributed by atoms with Crippen LogP contribution in [0.25, 0.3) is 0 Å². The Morgan fingerprint density at radius 3 is 2.71 bits per heavy atom. The first-order valence-electron chi connectivity index (χ1n) is 7.94. The van der Waals surface area contributed by atoms with Crippen molar-refractivity contribution < 1.29 is 4.79 Å². The number of carbonyl (C=O) groups excluding carboxylic acids is 1. The Balaban J connectivity index is 1.81. The first-order chi connectivity index (χ1) is 11.6. The number of rotatable bonds is 5. The number of ketones is 1. The number of carbonyl (C=O) groups is 1. The van der Waals surface area contributed by atoms with Crippen LogP contribution in [0.1, 0.15) is 48.0 Å². The normalized spacial score (nSPS) is 15.6. The van der Waals surface area contributed by atoms with Crippen LogP contribution in [0.15, 0.2) is 17.3 Å². The van der Waals surface area contributed by atoms with Crippen LogP contribution in [0.5, 0.6) is 0 Å². The van der Waals surface area contributed by atoms with Gasteiger partial charge < -0.3 is 0 Å². The summed E-state index contributed by atoms with van der Waals surface area (Å²) in [4.78, 5) is 12.8. The van der Waals surface area contributed by atoms with Crippen LogP contribution in [0, 0.1) is 5.92 Å². The van der Waals surface area contributed by atoms with Crippen molar-refractivity contribution in [1.29, 1.82) is 0 Å². The third kappa shape index (κ3) is 3.76. The Kier molecular flexibility index (Phi) is 5.79. The quantitative estimate of drug-likeness (QED) is 0.557. The second-order valence-electron chi connectivity index (χ2n) is 5.96. The Morgan fingerprint density at radius 1 is 1.29 bits per heavy atom. The van der Waals surface area contributed by atoms with Gasteiger partial charge in [-0.3, -0.25) is 4.79 Å². The largest absolute Gasteiger partial charge is 0.294 e. The molecule has 1 aliphatic carbocycles. The Morgan fingerprint density at radius 2 is 2.04 bits per heavy atom. The molecule has 1 saturated carbocycles. The van der Waals surface area contributed by atoms with E-state index in [1.807, 2.05) is 0 Å². The number of aryl methyl sites for hydroxylation is 1. The van der Waals surface area contributed by atoms with E-state index < -0.39 is 0 Å². The Labute approximate surface area is 155 Å². The van der Waals surface area contributed by atoms with Gasteiger partial charge in [0, 0.05) is 34.9 Å². The number of nitrogens with zero attached hydrogens (tertiary/aromatic N) is 4. The minimum atomic E-state index is 0.0841. The van der Waals surface area contributed by atoms with Crippen LogP contribution in [0.2, 0.25) is 10.0 Å². The Bertz CT molecular complexity index is 744. The second-order valence-corrected chi connectivity index (χ2v) is 7.69. The highest BCUT2D eigenvalue weighted by Crippen LogP contribution is 2.36. The van der Waals surface area contributed by atoms with Crippen LogP contribution in [0.4, 0.5) is 0 Å². The molecule has 8 heteroatoms. The zero-order valence-electron chi connectivity index (χ0n) is 13.3. The van der Waals surface area contributed by atoms with E-state index in [1.165, 1.54) is 18.2 Å². The molecule has 0 atom stereocenters. The number of hydrogen-bond donors (Lipinski definition) is 0. The number of Topliss-reactive ketones (excluding diaryl/α,β-unsaturated/α-hetero) is 1. The lowest BCUT2D eigenvalue weighted by Crippen LogP contribution is -2.18. The van der Waals surface area contributed by atoms with Gasteiger partial charge in [-0.2, -0.15) is 0 Å². The number of thioether (sulfide) groups is 1. The van der Waals surface area contributed by atoms with Crippen molar-refractivity contribution in [1.82, 2.24) is 20.2 Å². The number of benzene rings is 1. The van der Waals surface area contributed by atoms with E-state index in [2.05, 4.69) is 15.5 Å². The van der Waals surface area contributed by atoms with Crippen molar-refractivity contribution >= 4 is 40.7 Å². The van der Waals surface area contributed by atoms with E-state index >= 15 is 0 Å². The fraction of sp³-hybridized carbons (Fsp3) is 0.500. The molecule has 3 rings (SSSR count). The summed E-state index contributed by atoms with van der Waals surface area (Å²) >= 11 is 14.3. The number of hydrogen-bond acceptors (Lipinski definition) is 5. The van der Waals surface area contributed by atoms with Gasteiger partial charge in [0.25, 0.3) is 0 Å². The summed E-state index contributed by atoms with van der Waals surface area (Å²) in [5.41, 5.74) is 1.34. The maximum absolute atomic E-state index is 12.8. The third-order valence-corrected chi connectivity index (χ3v) is 6.18. The van der Waals surface area contributed by atoms with Crippen LogP contribution in [-0.4, -0.2) is 26.0 Å². The molecule has 24 heavy (non-hydrogen) atoms. The summed E-state index contributed by atoms with van der Waals surface area (Å²) in [5.74, 6) is 0.737. The van der Waals surface area contributed by atoms with Crippen molar-refractivity contribution in [3.8, 4) is 0 Å². The molecule has 0 unspecified atom stereocenters. The van der Waals surface area contributed by atoms with Gasteiger partial charge in [-0.25, -0.2) is 4.68 Å². The van der Waals surface area contributed by atoms with Crippen molar-refractivity contribution in [2.45, 2.75) is 43.0 Å². The lowest BCUT2D eigenvalue weighted by Gasteiger charge is -2.21. The minimum Gasteiger partial charge on any atom is -0.294 e. The summed E-state index contributed by atoms with van der Waals surface area (Å²) in [6, 6.07) is 3.51. The molecule has 0 aliphatic heterocycles. The van der Waals surface area contributed by atoms with E-state index in [4.69, 9.17) is 23.2 Å². The highest BCUT2D eigenvalue weighted by Gasteiger charge is 2.25. The molecule has 0 bridgehead atoms. The van der Waals surface area contributed by atoms with Gasteiger partial charge in [0.1, 0.15) is 0 Å². The molecule has 1 heterocycles. The van der Waals surface area contributed by atoms with E-state index in [-0.39, 0.29) is 11.7 Å². The molecule has 2 aromatic rings. The predicted molar refractivity (Wildman–Crippen MR) is 95.7 cm³/mol. The molecule has 0 saturated heterocycles. The van der Waals surface area contributed by atoms with Gasteiger partial charge in [0.2, 0.25) is 5.16 Å². The van der Waals surface area contributed by atoms with Gasteiger partial charge in [-0.15, -0.1) is 5.10 Å². The van der Waals surface area contributed by atoms with E-state index in [0.29, 0.717) is 26.5 Å². The minimum absolute atomic E-state index is 0.0841. The van der Waals surface area contributed by atoms with Crippen LogP contribution >= 0.6 is 35.0 Å². The first kappa shape index (κ1) is 17.7. The molecular weight excluding hydrogens is 367 g/mol. The highest BCUT2D eigenvalue weighted by atomic mass is 35.5. The third-order valence-electron chi connectivity index (χ3n) is 4.35. The monoisotopic (exact) mass is 384 g/mol. The maximum Gasteiger partial charge on any atom is 0.209 e. The smallest absolute Gasteiger partial charge is 0.209 e. The number of aromatic nitrogens is 4. The van der Waals surface area contributed by atoms with Crippen molar-refractivity contribution in [3.05, 3.63) is 33.3 Å². The van der Waals surface area contributed by atoms with Gasteiger partial charge in [-0.05, 0) is 35.4 Å². The fourth-order valence-corrected chi connectivity index (χ4v) is 4.63. The molecule has 5 nitrogen and oxygen atoms in total. The summed E-state index contributed by atoms with van der Waals surface area (Å²) in [6.45, 7) is 0. The summed E-state index contributed by atoms with van der Waals surface area (Å²) in [6.07, 6.45) is 5.34. The van der Waals surface area contributed by atoms with Gasteiger partial charge in [-0.1, -0.05) is 54.2 Å². The molecule has 1 fully saturated rings. The van der Waals surface area contributed by atoms with Crippen molar-refractivity contribution in [2.24, 2.45) is 13.0 Å². The molecule has 0 amide bonds. The highest BCUT2D eigenvalue weighted by molar-refractivity contribution is 7.98. The molecule has 1 aromatic carbocycles. The maximum atomic E-state index is 12.8. The Hall–Kier alpha value is -1.11. The summed E-state index contributed by atoms with van der Waals surface area (Å²) < 4.78 is 1.59. The zero-order chi connectivity index (χ0) is 17.1. The molecule has 1 aromatic heterocycles. The van der Waals surface area contributed by atoms with E-state index in [0.717, 1.165) is 31.2 Å². The SMILES string of the molecule is Cn1nnnc1SCc1c(Cl)ccc(C(=O)C2CCCCC2)c1Cl. The van der Waals surface area contributed by atoms with Crippen LogP contribution in [0.3, 0.4) is 0 Å². The molecule has 1 aliphatic rings. The van der Waals surface area contributed by atoms with Crippen molar-refractivity contribution in [2.75, 3.05) is 0 Å². The standard InChI is InChI=1S/C16H18Cl2N4OS/c1-22-16(19-20-21-22)24-9-12-13(17)8-7-11(14(12)18)15(23)10-5-3-2-4-6-10/h7-8,10H,2-6,9H2,1H3. The van der Waals surface area contributed by atoms with Crippen LogP contribution in [-0.2, 0) is 12.8 Å². The summed E-state index contributed by atoms with van der Waals surface area (Å²) in [5, 5.41) is 13.0. The summed E-state index contributed by atoms with van der Waals surface area (Å²) in [7, 11) is 1.77. The fourth-order valence-electron chi connectivity index (χ4n) is 2.99. The average Bonchev–Trinajstić information content (AvgIpc) is 3.00. The van der Waals surface area contributed by atoms with Gasteiger partial charge in [0.15, 0.2) is 5.78 Å². The lowest BCUT2D eigenvalue weighted by atomic mass is 9.83. The predicted octanol–water partition coefficient (Wildman–Crippen LogP) is 4.57. The number of halogens is 2.